The van der Waals surface area contributed by atoms with Gasteiger partial charge in [-0.2, -0.15) is 0 Å². The van der Waals surface area contributed by atoms with Gasteiger partial charge in [-0.15, -0.1) is 11.3 Å². The van der Waals surface area contributed by atoms with Crippen molar-refractivity contribution in [2.45, 2.75) is 13.5 Å². The lowest BCUT2D eigenvalue weighted by Gasteiger charge is -2.06. The first-order valence-corrected chi connectivity index (χ1v) is 7.83. The van der Waals surface area contributed by atoms with E-state index in [1.807, 2.05) is 19.1 Å². The Hall–Kier alpha value is -2.44. The molecule has 0 bridgehead atoms. The van der Waals surface area contributed by atoms with Crippen LogP contribution in [-0.4, -0.2) is 17.1 Å². The first kappa shape index (κ1) is 15.5. The maximum Gasteiger partial charge on any atom is 0.269 e. The van der Waals surface area contributed by atoms with Gasteiger partial charge >= 0.3 is 0 Å². The van der Waals surface area contributed by atoms with Crippen molar-refractivity contribution in [3.05, 3.63) is 57.6 Å². The molecule has 1 N–H and O–H groups in total. The van der Waals surface area contributed by atoms with Crippen molar-refractivity contribution in [2.75, 3.05) is 7.11 Å². The Morgan fingerprint density at radius 1 is 1.22 bits per heavy atom. The third-order valence-corrected chi connectivity index (χ3v) is 5.27. The van der Waals surface area contributed by atoms with Crippen LogP contribution in [-0.2, 0) is 6.61 Å². The van der Waals surface area contributed by atoms with Gasteiger partial charge in [0.25, 0.3) is 5.69 Å². The van der Waals surface area contributed by atoms with Crippen LogP contribution in [0.5, 0.6) is 5.75 Å². The number of aliphatic hydroxyl groups is 1. The summed E-state index contributed by atoms with van der Waals surface area (Å²) in [5.74, 6) is 0.763. The van der Waals surface area contributed by atoms with Gasteiger partial charge in [0.15, 0.2) is 0 Å². The van der Waals surface area contributed by atoms with Crippen LogP contribution in [0.25, 0.3) is 20.5 Å². The number of aryl methyl sites for hydroxylation is 1. The van der Waals surface area contributed by atoms with Crippen molar-refractivity contribution in [1.29, 1.82) is 0 Å². The van der Waals surface area contributed by atoms with Gasteiger partial charge in [0.1, 0.15) is 5.75 Å². The summed E-state index contributed by atoms with van der Waals surface area (Å²) in [6.45, 7) is 1.96. The van der Waals surface area contributed by atoms with E-state index in [0.29, 0.717) is 0 Å². The van der Waals surface area contributed by atoms with Crippen LogP contribution in [0.4, 0.5) is 5.69 Å². The van der Waals surface area contributed by atoms with E-state index >= 15 is 0 Å². The highest BCUT2D eigenvalue weighted by molar-refractivity contribution is 7.22. The molecule has 1 heterocycles. The second kappa shape index (κ2) is 5.98. The van der Waals surface area contributed by atoms with Crippen LogP contribution in [0.3, 0.4) is 0 Å². The van der Waals surface area contributed by atoms with E-state index in [9.17, 15) is 15.2 Å². The maximum absolute atomic E-state index is 10.8. The summed E-state index contributed by atoms with van der Waals surface area (Å²) in [4.78, 5) is 11.4. The number of nitrogens with zero attached hydrogens (tertiary/aromatic N) is 1. The Kier molecular flexibility index (Phi) is 4.02. The average molecular weight is 329 g/mol. The van der Waals surface area contributed by atoms with Crippen molar-refractivity contribution < 1.29 is 14.8 Å². The summed E-state index contributed by atoms with van der Waals surface area (Å²) in [6.07, 6.45) is 0. The van der Waals surface area contributed by atoms with Crippen LogP contribution in [0.1, 0.15) is 11.1 Å². The minimum atomic E-state index is -0.408. The van der Waals surface area contributed by atoms with Gasteiger partial charge in [-0.05, 0) is 41.8 Å². The topological polar surface area (TPSA) is 72.6 Å². The van der Waals surface area contributed by atoms with Crippen molar-refractivity contribution in [3.63, 3.8) is 0 Å². The Bertz CT molecular complexity index is 884. The first-order chi connectivity index (χ1) is 11.1. The molecular weight excluding hydrogens is 314 g/mol. The van der Waals surface area contributed by atoms with E-state index in [1.54, 1.807) is 30.6 Å². The predicted octanol–water partition coefficient (Wildman–Crippen LogP) is 4.29. The zero-order valence-electron chi connectivity index (χ0n) is 12.7. The normalized spacial score (nSPS) is 10.9. The number of fused-ring (bicyclic) bond motifs is 1. The summed E-state index contributed by atoms with van der Waals surface area (Å²) in [6, 6.07) is 10.2. The minimum Gasteiger partial charge on any atom is -0.496 e. The van der Waals surface area contributed by atoms with E-state index in [4.69, 9.17) is 4.74 Å². The van der Waals surface area contributed by atoms with Crippen molar-refractivity contribution in [3.8, 4) is 16.2 Å². The molecule has 23 heavy (non-hydrogen) atoms. The zero-order chi connectivity index (χ0) is 16.6. The van der Waals surface area contributed by atoms with Crippen molar-refractivity contribution in [1.82, 2.24) is 0 Å². The molecule has 3 aromatic rings. The third kappa shape index (κ3) is 2.56. The molecule has 118 valence electrons. The summed E-state index contributed by atoms with van der Waals surface area (Å²) in [5, 5.41) is 21.3. The molecule has 0 aliphatic carbocycles. The molecule has 0 amide bonds. The fourth-order valence-corrected chi connectivity index (χ4v) is 4.01. The van der Waals surface area contributed by atoms with Gasteiger partial charge in [0.05, 0.1) is 18.6 Å². The third-order valence-electron chi connectivity index (χ3n) is 3.85. The number of rotatable bonds is 4. The molecule has 6 heteroatoms. The van der Waals surface area contributed by atoms with E-state index in [2.05, 4.69) is 0 Å². The Labute approximate surface area is 136 Å². The SMILES string of the molecule is COc1ccc(CO)c2sc(-c3ccc([N+](=O)[O-])cc3)c(C)c12. The number of aliphatic hydroxyl groups excluding tert-OH is 1. The number of ether oxygens (including phenoxy) is 1. The summed E-state index contributed by atoms with van der Waals surface area (Å²) < 4.78 is 6.43. The van der Waals surface area contributed by atoms with Crippen LogP contribution in [0.15, 0.2) is 36.4 Å². The number of nitro groups is 1. The molecule has 0 fully saturated rings. The highest BCUT2D eigenvalue weighted by Crippen LogP contribution is 2.44. The van der Waals surface area contributed by atoms with Gasteiger partial charge in [0.2, 0.25) is 0 Å². The number of non-ortho nitro benzene ring substituents is 1. The number of hydrogen-bond acceptors (Lipinski definition) is 5. The number of hydrogen-bond donors (Lipinski definition) is 1. The van der Waals surface area contributed by atoms with E-state index in [1.165, 1.54) is 12.1 Å². The summed E-state index contributed by atoms with van der Waals surface area (Å²) in [7, 11) is 1.62. The lowest BCUT2D eigenvalue weighted by Crippen LogP contribution is -1.89. The molecule has 0 saturated carbocycles. The van der Waals surface area contributed by atoms with Crippen LogP contribution in [0.2, 0.25) is 0 Å². The van der Waals surface area contributed by atoms with E-state index < -0.39 is 4.92 Å². The molecule has 3 rings (SSSR count). The molecule has 2 aromatic carbocycles. The largest absolute Gasteiger partial charge is 0.496 e. The lowest BCUT2D eigenvalue weighted by atomic mass is 10.0. The van der Waals surface area contributed by atoms with Crippen molar-refractivity contribution in [2.24, 2.45) is 0 Å². The molecule has 0 radical (unpaired) electrons. The monoisotopic (exact) mass is 329 g/mol. The predicted molar refractivity (Wildman–Crippen MR) is 91.1 cm³/mol. The van der Waals surface area contributed by atoms with Gasteiger partial charge in [-0.25, -0.2) is 0 Å². The van der Waals surface area contributed by atoms with E-state index in [0.717, 1.165) is 37.4 Å². The summed E-state index contributed by atoms with van der Waals surface area (Å²) >= 11 is 1.56. The second-order valence-corrected chi connectivity index (χ2v) is 6.17. The number of thiophene rings is 1. The quantitative estimate of drug-likeness (QED) is 0.572. The highest BCUT2D eigenvalue weighted by Gasteiger charge is 2.17. The second-order valence-electron chi connectivity index (χ2n) is 5.15. The fourth-order valence-electron chi connectivity index (χ4n) is 2.68. The fraction of sp³-hybridized carbons (Fsp3) is 0.176. The first-order valence-electron chi connectivity index (χ1n) is 7.01. The Balaban J connectivity index is 2.22. The molecule has 0 atom stereocenters. The number of benzene rings is 2. The highest BCUT2D eigenvalue weighted by atomic mass is 32.1. The lowest BCUT2D eigenvalue weighted by molar-refractivity contribution is -0.384. The summed E-state index contributed by atoms with van der Waals surface area (Å²) in [5.41, 5.74) is 2.88. The average Bonchev–Trinajstić information content (AvgIpc) is 2.92. The minimum absolute atomic E-state index is 0.0415. The van der Waals surface area contributed by atoms with Crippen LogP contribution in [0, 0.1) is 17.0 Å². The number of methoxy groups -OCH3 is 1. The molecule has 1 aromatic heterocycles. The molecular formula is C17H15NO4S. The Morgan fingerprint density at radius 2 is 1.91 bits per heavy atom. The van der Waals surface area contributed by atoms with Gasteiger partial charge in [-0.1, -0.05) is 6.07 Å². The molecule has 0 unspecified atom stereocenters. The number of nitro benzene ring substituents is 1. The van der Waals surface area contributed by atoms with Crippen molar-refractivity contribution >= 4 is 27.1 Å². The molecule has 0 aliphatic rings. The van der Waals surface area contributed by atoms with E-state index in [-0.39, 0.29) is 12.3 Å². The standard InChI is InChI=1S/C17H15NO4S/c1-10-15-14(22-2)8-5-12(9-19)17(15)23-16(10)11-3-6-13(7-4-11)18(20)21/h3-8,19H,9H2,1-2H3. The maximum atomic E-state index is 10.8. The van der Waals surface area contributed by atoms with Gasteiger partial charge in [0, 0.05) is 27.1 Å². The molecule has 0 spiro atoms. The van der Waals surface area contributed by atoms with Crippen LogP contribution < -0.4 is 4.74 Å². The smallest absolute Gasteiger partial charge is 0.269 e. The van der Waals surface area contributed by atoms with Gasteiger partial charge < -0.3 is 9.84 Å². The van der Waals surface area contributed by atoms with Crippen LogP contribution >= 0.6 is 11.3 Å². The van der Waals surface area contributed by atoms with Gasteiger partial charge in [-0.3, -0.25) is 10.1 Å². The molecule has 0 aliphatic heterocycles. The zero-order valence-corrected chi connectivity index (χ0v) is 13.5. The Morgan fingerprint density at radius 3 is 2.48 bits per heavy atom. The molecule has 5 nitrogen and oxygen atoms in total. The molecule has 0 saturated heterocycles.